The summed E-state index contributed by atoms with van der Waals surface area (Å²) in [5.74, 6) is 0.678. The highest BCUT2D eigenvalue weighted by atomic mass is 32.1. The molecule has 116 valence electrons. The summed E-state index contributed by atoms with van der Waals surface area (Å²) in [7, 11) is 0. The molecule has 0 aliphatic heterocycles. The number of rotatable bonds is 3. The number of hydrogen-bond donors (Lipinski definition) is 3. The van der Waals surface area contributed by atoms with E-state index in [9.17, 15) is 0 Å². The third kappa shape index (κ3) is 4.06. The number of nitrogens with zero attached hydrogens (tertiary/aromatic N) is 1. The van der Waals surface area contributed by atoms with Gasteiger partial charge in [0.2, 0.25) is 0 Å². The van der Waals surface area contributed by atoms with Gasteiger partial charge in [0.1, 0.15) is 0 Å². The Morgan fingerprint density at radius 2 is 2.05 bits per heavy atom. The summed E-state index contributed by atoms with van der Waals surface area (Å²) >= 11 is 5.36. The number of hydrazone groups is 1. The number of aryl methyl sites for hydroxylation is 2. The first kappa shape index (κ1) is 16.0. The normalized spacial score (nSPS) is 23.0. The molecule has 0 saturated heterocycles. The molecule has 1 aliphatic rings. The minimum atomic E-state index is 0.477. The quantitative estimate of drug-likeness (QED) is 0.456. The standard InChI is InChI=1S/C16H26N4S/c1-10-7-5-6-8-14(10)18-16(21)20-19-13(4)15-11(2)9-17-12(15)3/h9-10,14,17H,5-8H2,1-4H3,(H2,18,20,21)/b19-13+/t10-,14+/m0/s1. The van der Waals surface area contributed by atoms with Crippen molar-refractivity contribution in [1.29, 1.82) is 0 Å². The molecule has 0 radical (unpaired) electrons. The van der Waals surface area contributed by atoms with Crippen molar-refractivity contribution in [2.24, 2.45) is 11.0 Å². The molecule has 1 aromatic heterocycles. The van der Waals surface area contributed by atoms with Crippen molar-refractivity contribution in [3.05, 3.63) is 23.0 Å². The summed E-state index contributed by atoms with van der Waals surface area (Å²) in [4.78, 5) is 3.22. The largest absolute Gasteiger partial charge is 0.364 e. The van der Waals surface area contributed by atoms with Crippen molar-refractivity contribution in [3.8, 4) is 0 Å². The van der Waals surface area contributed by atoms with E-state index < -0.39 is 0 Å². The van der Waals surface area contributed by atoms with Crippen LogP contribution in [0.1, 0.15) is 56.4 Å². The lowest BCUT2D eigenvalue weighted by Crippen LogP contribution is -2.44. The van der Waals surface area contributed by atoms with E-state index in [1.165, 1.54) is 31.2 Å². The summed E-state index contributed by atoms with van der Waals surface area (Å²) in [6, 6.07) is 0.477. The van der Waals surface area contributed by atoms with Crippen LogP contribution in [0.15, 0.2) is 11.3 Å². The van der Waals surface area contributed by atoms with Gasteiger partial charge in [0, 0.05) is 23.5 Å². The van der Waals surface area contributed by atoms with Crippen LogP contribution in [0.4, 0.5) is 0 Å². The molecule has 3 N–H and O–H groups in total. The second-order valence-corrected chi connectivity index (χ2v) is 6.53. The predicted octanol–water partition coefficient (Wildman–Crippen LogP) is 3.40. The molecule has 1 aromatic rings. The number of aromatic amines is 1. The minimum absolute atomic E-state index is 0.477. The van der Waals surface area contributed by atoms with E-state index in [4.69, 9.17) is 12.2 Å². The molecule has 1 heterocycles. The van der Waals surface area contributed by atoms with E-state index in [0.717, 1.165) is 17.0 Å². The number of aromatic nitrogens is 1. The van der Waals surface area contributed by atoms with Crippen LogP contribution in [0.25, 0.3) is 0 Å². The van der Waals surface area contributed by atoms with E-state index in [1.807, 2.05) is 13.1 Å². The Bertz CT molecular complexity index is 513. The Morgan fingerprint density at radius 3 is 2.67 bits per heavy atom. The maximum absolute atomic E-state index is 5.36. The third-order valence-electron chi connectivity index (χ3n) is 4.39. The SMILES string of the molecule is C/C(=N\NC(=S)N[C@@H]1CCCC[C@@H]1C)c1c(C)c[nH]c1C. The average molecular weight is 306 g/mol. The van der Waals surface area contributed by atoms with Crippen molar-refractivity contribution in [2.75, 3.05) is 0 Å². The zero-order valence-corrected chi connectivity index (χ0v) is 14.2. The fourth-order valence-corrected chi connectivity index (χ4v) is 3.33. The molecule has 21 heavy (non-hydrogen) atoms. The molecule has 0 aromatic carbocycles. The van der Waals surface area contributed by atoms with Crippen molar-refractivity contribution in [3.63, 3.8) is 0 Å². The molecule has 1 saturated carbocycles. The number of hydrogen-bond acceptors (Lipinski definition) is 2. The van der Waals surface area contributed by atoms with Gasteiger partial charge >= 0.3 is 0 Å². The molecule has 4 nitrogen and oxygen atoms in total. The van der Waals surface area contributed by atoms with Gasteiger partial charge < -0.3 is 10.3 Å². The first-order chi connectivity index (χ1) is 9.99. The molecule has 1 fully saturated rings. The molecule has 2 rings (SSSR count). The molecule has 0 unspecified atom stereocenters. The molecular weight excluding hydrogens is 280 g/mol. The number of H-pyrrole nitrogens is 1. The lowest BCUT2D eigenvalue weighted by atomic mass is 9.86. The van der Waals surface area contributed by atoms with Gasteiger partial charge in [-0.3, -0.25) is 5.43 Å². The van der Waals surface area contributed by atoms with Crippen molar-refractivity contribution in [2.45, 2.75) is 59.4 Å². The number of nitrogens with one attached hydrogen (secondary N) is 3. The fraction of sp³-hybridized carbons (Fsp3) is 0.625. The third-order valence-corrected chi connectivity index (χ3v) is 4.60. The molecule has 2 atom stereocenters. The molecule has 0 bridgehead atoms. The zero-order valence-electron chi connectivity index (χ0n) is 13.4. The zero-order chi connectivity index (χ0) is 15.4. The molecule has 0 amide bonds. The Kier molecular flexibility index (Phi) is 5.39. The van der Waals surface area contributed by atoms with E-state index >= 15 is 0 Å². The van der Waals surface area contributed by atoms with Crippen LogP contribution in [0.5, 0.6) is 0 Å². The molecule has 1 aliphatic carbocycles. The van der Waals surface area contributed by atoms with Gasteiger partial charge in [0.25, 0.3) is 0 Å². The summed E-state index contributed by atoms with van der Waals surface area (Å²) < 4.78 is 0. The topological polar surface area (TPSA) is 52.2 Å². The molecular formula is C16H26N4S. The highest BCUT2D eigenvalue weighted by molar-refractivity contribution is 7.80. The summed E-state index contributed by atoms with van der Waals surface area (Å²) in [6.07, 6.45) is 7.10. The monoisotopic (exact) mass is 306 g/mol. The second-order valence-electron chi connectivity index (χ2n) is 6.12. The first-order valence-corrected chi connectivity index (χ1v) is 8.15. The van der Waals surface area contributed by atoms with E-state index in [2.05, 4.69) is 41.6 Å². The van der Waals surface area contributed by atoms with Crippen LogP contribution >= 0.6 is 12.2 Å². The summed E-state index contributed by atoms with van der Waals surface area (Å²) in [6.45, 7) is 8.43. The predicted molar refractivity (Wildman–Crippen MR) is 92.8 cm³/mol. The van der Waals surface area contributed by atoms with Crippen LogP contribution in [0.2, 0.25) is 0 Å². The maximum atomic E-state index is 5.36. The van der Waals surface area contributed by atoms with Crippen LogP contribution in [-0.2, 0) is 0 Å². The summed E-state index contributed by atoms with van der Waals surface area (Å²) in [5.41, 5.74) is 7.44. The van der Waals surface area contributed by atoms with Crippen molar-refractivity contribution >= 4 is 23.0 Å². The second kappa shape index (κ2) is 7.07. The van der Waals surface area contributed by atoms with Gasteiger partial charge in [0.15, 0.2) is 5.11 Å². The van der Waals surface area contributed by atoms with Crippen molar-refractivity contribution < 1.29 is 0 Å². The lowest BCUT2D eigenvalue weighted by molar-refractivity contribution is 0.308. The minimum Gasteiger partial charge on any atom is -0.364 e. The van der Waals surface area contributed by atoms with Gasteiger partial charge in [0.05, 0.1) is 5.71 Å². The van der Waals surface area contributed by atoms with Gasteiger partial charge in [-0.1, -0.05) is 19.8 Å². The molecule has 5 heteroatoms. The Labute approximate surface area is 132 Å². The van der Waals surface area contributed by atoms with Gasteiger partial charge in [-0.15, -0.1) is 0 Å². The Balaban J connectivity index is 1.92. The smallest absolute Gasteiger partial charge is 0.187 e. The Morgan fingerprint density at radius 1 is 1.33 bits per heavy atom. The van der Waals surface area contributed by atoms with Crippen LogP contribution in [0, 0.1) is 19.8 Å². The average Bonchev–Trinajstić information content (AvgIpc) is 2.78. The molecule has 0 spiro atoms. The van der Waals surface area contributed by atoms with Gasteiger partial charge in [-0.25, -0.2) is 0 Å². The highest BCUT2D eigenvalue weighted by Crippen LogP contribution is 2.23. The summed E-state index contributed by atoms with van der Waals surface area (Å²) in [5, 5.41) is 8.45. The maximum Gasteiger partial charge on any atom is 0.187 e. The van der Waals surface area contributed by atoms with Gasteiger partial charge in [-0.2, -0.15) is 5.10 Å². The Hall–Kier alpha value is -1.36. The van der Waals surface area contributed by atoms with Crippen molar-refractivity contribution in [1.82, 2.24) is 15.7 Å². The lowest BCUT2D eigenvalue weighted by Gasteiger charge is -2.30. The highest BCUT2D eigenvalue weighted by Gasteiger charge is 2.21. The van der Waals surface area contributed by atoms with E-state index in [0.29, 0.717) is 17.1 Å². The van der Waals surface area contributed by atoms with E-state index in [1.54, 1.807) is 0 Å². The van der Waals surface area contributed by atoms with Crippen LogP contribution in [-0.4, -0.2) is 21.8 Å². The van der Waals surface area contributed by atoms with Crippen LogP contribution in [0.3, 0.4) is 0 Å². The van der Waals surface area contributed by atoms with Crippen LogP contribution < -0.4 is 10.7 Å². The van der Waals surface area contributed by atoms with E-state index in [-0.39, 0.29) is 0 Å². The van der Waals surface area contributed by atoms with Gasteiger partial charge in [-0.05, 0) is 57.3 Å². The first-order valence-electron chi connectivity index (χ1n) is 7.74. The fourth-order valence-electron chi connectivity index (χ4n) is 3.14. The number of thiocarbonyl (C=S) groups is 1.